The Morgan fingerprint density at radius 2 is 1.78 bits per heavy atom. The zero-order valence-corrected chi connectivity index (χ0v) is 21.0. The second kappa shape index (κ2) is 9.75. The third-order valence-corrected chi connectivity index (χ3v) is 6.02. The van der Waals surface area contributed by atoms with Gasteiger partial charge in [0.2, 0.25) is 5.82 Å². The molecule has 0 bridgehead atoms. The molecule has 8 heteroatoms. The fraction of sp³-hybridized carbons (Fsp3) is 0.214. The van der Waals surface area contributed by atoms with Crippen molar-refractivity contribution in [2.24, 2.45) is 7.05 Å². The van der Waals surface area contributed by atoms with Gasteiger partial charge >= 0.3 is 0 Å². The van der Waals surface area contributed by atoms with E-state index in [1.165, 1.54) is 10.8 Å². The third kappa shape index (κ3) is 5.04. The summed E-state index contributed by atoms with van der Waals surface area (Å²) in [5.41, 5.74) is 4.15. The summed E-state index contributed by atoms with van der Waals surface area (Å²) < 4.78 is 1.36. The molecule has 4 rings (SSSR count). The van der Waals surface area contributed by atoms with Crippen LogP contribution in [0.15, 0.2) is 78.0 Å². The average Bonchev–Trinajstić information content (AvgIpc) is 2.86. The van der Waals surface area contributed by atoms with Crippen molar-refractivity contribution < 1.29 is 10.0 Å². The van der Waals surface area contributed by atoms with Crippen molar-refractivity contribution in [1.82, 2.24) is 14.5 Å². The van der Waals surface area contributed by atoms with Gasteiger partial charge in [-0.1, -0.05) is 45.0 Å². The summed E-state index contributed by atoms with van der Waals surface area (Å²) in [6, 6.07) is 16.3. The van der Waals surface area contributed by atoms with Crippen LogP contribution in [0.1, 0.15) is 42.3 Å². The fourth-order valence-electron chi connectivity index (χ4n) is 3.82. The molecule has 0 spiro atoms. The molecule has 1 amide bonds. The molecule has 36 heavy (non-hydrogen) atoms. The molecule has 0 radical (unpaired) electrons. The lowest BCUT2D eigenvalue weighted by atomic mass is 9.86. The van der Waals surface area contributed by atoms with Gasteiger partial charge in [-0.3, -0.25) is 19.8 Å². The Labute approximate surface area is 209 Å². The predicted molar refractivity (Wildman–Crippen MR) is 141 cm³/mol. The van der Waals surface area contributed by atoms with Crippen LogP contribution in [-0.2, 0) is 12.5 Å². The van der Waals surface area contributed by atoms with Crippen LogP contribution < -0.4 is 15.9 Å². The number of carbonyl (C=O) groups excluding carboxylic acids is 1. The summed E-state index contributed by atoms with van der Waals surface area (Å²) in [6.07, 6.45) is 4.60. The zero-order valence-electron chi connectivity index (χ0n) is 21.0. The summed E-state index contributed by atoms with van der Waals surface area (Å²) in [6.45, 7) is 8.26. The number of aromatic nitrogens is 3. The van der Waals surface area contributed by atoms with Gasteiger partial charge in [-0.25, -0.2) is 4.98 Å². The minimum Gasteiger partial charge on any atom is -0.322 e. The summed E-state index contributed by atoms with van der Waals surface area (Å²) in [5, 5.41) is 14.4. The Balaban J connectivity index is 1.66. The molecule has 0 aliphatic carbocycles. The van der Waals surface area contributed by atoms with Crippen molar-refractivity contribution in [3.05, 3.63) is 100 Å². The Morgan fingerprint density at radius 3 is 2.42 bits per heavy atom. The third-order valence-electron chi connectivity index (χ3n) is 6.02. The van der Waals surface area contributed by atoms with Gasteiger partial charge in [-0.05, 0) is 53.8 Å². The van der Waals surface area contributed by atoms with E-state index in [0.29, 0.717) is 28.2 Å². The van der Waals surface area contributed by atoms with Crippen LogP contribution in [0.4, 0.5) is 17.2 Å². The van der Waals surface area contributed by atoms with E-state index < -0.39 is 5.56 Å². The zero-order chi connectivity index (χ0) is 26.0. The number of amides is 1. The monoisotopic (exact) mass is 483 g/mol. The first kappa shape index (κ1) is 24.8. The fourth-order valence-corrected chi connectivity index (χ4v) is 3.82. The van der Waals surface area contributed by atoms with E-state index in [2.05, 4.69) is 36.1 Å². The Hall–Kier alpha value is -4.30. The molecular formula is C28H29N5O3. The topological polar surface area (TPSA) is 100 Å². The first-order chi connectivity index (χ1) is 17.1. The van der Waals surface area contributed by atoms with Crippen molar-refractivity contribution >= 4 is 23.1 Å². The van der Waals surface area contributed by atoms with Crippen LogP contribution in [0.3, 0.4) is 0 Å². The number of benzene rings is 2. The van der Waals surface area contributed by atoms with E-state index in [4.69, 9.17) is 0 Å². The molecule has 8 nitrogen and oxygen atoms in total. The summed E-state index contributed by atoms with van der Waals surface area (Å²) in [4.78, 5) is 34.1. The Kier molecular flexibility index (Phi) is 6.72. The molecule has 4 aromatic rings. The van der Waals surface area contributed by atoms with Gasteiger partial charge in [-0.15, -0.1) is 0 Å². The van der Waals surface area contributed by atoms with Gasteiger partial charge in [0.1, 0.15) is 0 Å². The summed E-state index contributed by atoms with van der Waals surface area (Å²) in [7, 11) is 1.59. The smallest absolute Gasteiger partial charge is 0.295 e. The highest BCUT2D eigenvalue weighted by Crippen LogP contribution is 2.29. The van der Waals surface area contributed by atoms with Gasteiger partial charge in [0.15, 0.2) is 0 Å². The first-order valence-electron chi connectivity index (χ1n) is 11.5. The number of pyridine rings is 1. The van der Waals surface area contributed by atoms with Gasteiger partial charge < -0.3 is 9.88 Å². The normalized spacial score (nSPS) is 11.3. The molecule has 2 N–H and O–H groups in total. The van der Waals surface area contributed by atoms with Gasteiger partial charge in [0, 0.05) is 36.3 Å². The maximum absolute atomic E-state index is 13.0. The van der Waals surface area contributed by atoms with Crippen LogP contribution in [0.5, 0.6) is 0 Å². The number of hydrogen-bond donors (Lipinski definition) is 2. The van der Waals surface area contributed by atoms with Crippen LogP contribution >= 0.6 is 0 Å². The van der Waals surface area contributed by atoms with E-state index in [0.717, 1.165) is 16.2 Å². The van der Waals surface area contributed by atoms with Crippen molar-refractivity contribution in [1.29, 1.82) is 0 Å². The molecule has 0 fully saturated rings. The van der Waals surface area contributed by atoms with E-state index in [9.17, 15) is 14.8 Å². The molecule has 184 valence electrons. The predicted octanol–water partition coefficient (Wildman–Crippen LogP) is 5.23. The van der Waals surface area contributed by atoms with Gasteiger partial charge in [0.25, 0.3) is 11.5 Å². The van der Waals surface area contributed by atoms with E-state index >= 15 is 0 Å². The Morgan fingerprint density at radius 1 is 1.06 bits per heavy atom. The van der Waals surface area contributed by atoms with Crippen LogP contribution in [0, 0.1) is 6.92 Å². The molecule has 0 aliphatic rings. The van der Waals surface area contributed by atoms with Gasteiger partial charge in [0.05, 0.1) is 17.6 Å². The molecule has 0 saturated carbocycles. The summed E-state index contributed by atoms with van der Waals surface area (Å²) >= 11 is 0. The van der Waals surface area contributed by atoms with Crippen molar-refractivity contribution in [3.63, 3.8) is 0 Å². The largest absolute Gasteiger partial charge is 0.322 e. The lowest BCUT2D eigenvalue weighted by Gasteiger charge is -2.19. The maximum Gasteiger partial charge on any atom is 0.295 e. The number of carbonyl (C=O) groups is 1. The number of rotatable bonds is 5. The molecule has 2 aromatic heterocycles. The molecule has 2 aromatic carbocycles. The molecule has 2 heterocycles. The maximum atomic E-state index is 13.0. The highest BCUT2D eigenvalue weighted by atomic mass is 16.5. The molecular weight excluding hydrogens is 454 g/mol. The highest BCUT2D eigenvalue weighted by molar-refractivity contribution is 6.05. The molecule has 0 unspecified atom stereocenters. The molecule has 0 atom stereocenters. The van der Waals surface area contributed by atoms with Crippen molar-refractivity contribution in [2.75, 3.05) is 10.4 Å². The average molecular weight is 484 g/mol. The van der Waals surface area contributed by atoms with Crippen molar-refractivity contribution in [3.8, 4) is 11.3 Å². The van der Waals surface area contributed by atoms with Crippen molar-refractivity contribution in [2.45, 2.75) is 33.1 Å². The number of anilines is 3. The van der Waals surface area contributed by atoms with E-state index in [1.54, 1.807) is 31.6 Å². The van der Waals surface area contributed by atoms with Crippen LogP contribution in [0.2, 0.25) is 0 Å². The summed E-state index contributed by atoms with van der Waals surface area (Å²) in [5.74, 6) is -0.376. The quantitative estimate of drug-likeness (QED) is 0.377. The SMILES string of the molecule is Cc1c(NC(=O)c2ccc(C(C)(C)C)cc2)cccc1-c1cn(C)c(=O)c(N(O)c2cccnc2)n1. The number of nitrogens with one attached hydrogen (secondary N) is 1. The first-order valence-corrected chi connectivity index (χ1v) is 11.5. The highest BCUT2D eigenvalue weighted by Gasteiger charge is 2.19. The lowest BCUT2D eigenvalue weighted by Crippen LogP contribution is -2.27. The minimum absolute atomic E-state index is 0.00271. The lowest BCUT2D eigenvalue weighted by molar-refractivity contribution is 0.102. The van der Waals surface area contributed by atoms with E-state index in [-0.39, 0.29) is 17.1 Å². The van der Waals surface area contributed by atoms with Crippen LogP contribution in [0.25, 0.3) is 11.3 Å². The second-order valence-electron chi connectivity index (χ2n) is 9.65. The van der Waals surface area contributed by atoms with E-state index in [1.807, 2.05) is 49.4 Å². The number of nitrogens with zero attached hydrogens (tertiary/aromatic N) is 4. The standard InChI is InChI=1S/C28H29N5O3/c1-18-22(24-17-32(5)27(35)25(30-24)33(36)21-8-7-15-29-16-21)9-6-10-23(18)31-26(34)19-11-13-20(14-12-19)28(2,3)4/h6-17,36H,1-5H3,(H,31,34). The number of aryl methyl sites for hydroxylation is 1. The number of hydrogen-bond acceptors (Lipinski definition) is 6. The Bertz CT molecular complexity index is 1460. The van der Waals surface area contributed by atoms with Gasteiger partial charge in [-0.2, -0.15) is 5.06 Å². The second-order valence-corrected chi connectivity index (χ2v) is 9.65. The van der Waals surface area contributed by atoms with Crippen LogP contribution in [-0.4, -0.2) is 25.6 Å². The molecule has 0 saturated heterocycles. The molecule has 0 aliphatic heterocycles. The minimum atomic E-state index is -0.467.